The number of rotatable bonds is 6. The molecule has 0 aliphatic heterocycles. The van der Waals surface area contributed by atoms with E-state index < -0.39 is 0 Å². The highest BCUT2D eigenvalue weighted by Crippen LogP contribution is 2.33. The SMILES string of the molecule is C[C@@H](C[C@H](C)N=Cc1cccc(C(C)(C)C)c1O)N=Cc1cccc(C(C)(C)C)c1O. The van der Waals surface area contributed by atoms with Crippen LogP contribution >= 0.6 is 0 Å². The number of para-hydroxylation sites is 2. The second-order valence-electron chi connectivity index (χ2n) is 10.5. The van der Waals surface area contributed by atoms with Crippen LogP contribution in [0.15, 0.2) is 46.4 Å². The van der Waals surface area contributed by atoms with Gasteiger partial charge in [-0.3, -0.25) is 9.98 Å². The second-order valence-corrected chi connectivity index (χ2v) is 10.5. The molecule has 2 rings (SSSR count). The van der Waals surface area contributed by atoms with E-state index in [9.17, 15) is 10.2 Å². The van der Waals surface area contributed by atoms with Gasteiger partial charge in [-0.05, 0) is 54.4 Å². The normalized spacial score (nSPS) is 15.0. The van der Waals surface area contributed by atoms with E-state index >= 15 is 0 Å². The van der Waals surface area contributed by atoms with Gasteiger partial charge in [0.2, 0.25) is 0 Å². The molecule has 0 aromatic heterocycles. The fourth-order valence-corrected chi connectivity index (χ4v) is 3.57. The third-order valence-electron chi connectivity index (χ3n) is 5.37. The van der Waals surface area contributed by atoms with Gasteiger partial charge in [-0.25, -0.2) is 0 Å². The Morgan fingerprint density at radius 2 is 1.06 bits per heavy atom. The third kappa shape index (κ3) is 6.68. The summed E-state index contributed by atoms with van der Waals surface area (Å²) < 4.78 is 0. The first-order valence-corrected chi connectivity index (χ1v) is 11.0. The lowest BCUT2D eigenvalue weighted by molar-refractivity contribution is 0.445. The number of phenols is 2. The Morgan fingerprint density at radius 1 is 0.710 bits per heavy atom. The first-order valence-electron chi connectivity index (χ1n) is 11.0. The zero-order chi connectivity index (χ0) is 23.4. The van der Waals surface area contributed by atoms with E-state index in [-0.39, 0.29) is 22.9 Å². The Kier molecular flexibility index (Phi) is 7.69. The number of hydrogen-bond acceptors (Lipinski definition) is 4. The Morgan fingerprint density at radius 3 is 1.39 bits per heavy atom. The summed E-state index contributed by atoms with van der Waals surface area (Å²) in [6.07, 6.45) is 4.28. The number of nitrogens with zero attached hydrogens (tertiary/aromatic N) is 2. The highest BCUT2D eigenvalue weighted by atomic mass is 16.3. The quantitative estimate of drug-likeness (QED) is 0.529. The van der Waals surface area contributed by atoms with E-state index in [1.807, 2.05) is 50.2 Å². The predicted molar refractivity (Wildman–Crippen MR) is 132 cm³/mol. The van der Waals surface area contributed by atoms with Gasteiger partial charge in [0, 0.05) is 35.6 Å². The van der Waals surface area contributed by atoms with Crippen LogP contribution in [0.25, 0.3) is 0 Å². The molecule has 0 radical (unpaired) electrons. The van der Waals surface area contributed by atoms with E-state index in [1.165, 1.54) is 0 Å². The molecule has 0 amide bonds. The molecule has 168 valence electrons. The van der Waals surface area contributed by atoms with Crippen molar-refractivity contribution in [2.45, 2.75) is 84.7 Å². The summed E-state index contributed by atoms with van der Waals surface area (Å²) in [7, 11) is 0. The predicted octanol–water partition coefficient (Wildman–Crippen LogP) is 6.40. The molecule has 0 spiro atoms. The van der Waals surface area contributed by atoms with E-state index in [0.717, 1.165) is 28.7 Å². The fraction of sp³-hybridized carbons (Fsp3) is 0.481. The fourth-order valence-electron chi connectivity index (χ4n) is 3.57. The van der Waals surface area contributed by atoms with Gasteiger partial charge in [-0.15, -0.1) is 0 Å². The van der Waals surface area contributed by atoms with Crippen LogP contribution in [-0.4, -0.2) is 34.7 Å². The Labute approximate surface area is 187 Å². The summed E-state index contributed by atoms with van der Waals surface area (Å²) in [5.74, 6) is 0.595. The van der Waals surface area contributed by atoms with Crippen LogP contribution in [0, 0.1) is 0 Å². The lowest BCUT2D eigenvalue weighted by Gasteiger charge is -2.21. The Hall–Kier alpha value is -2.62. The molecule has 0 fully saturated rings. The zero-order valence-electron chi connectivity index (χ0n) is 20.3. The number of aromatic hydroxyl groups is 2. The molecule has 0 aliphatic rings. The number of hydrogen-bond donors (Lipinski definition) is 2. The maximum absolute atomic E-state index is 10.6. The van der Waals surface area contributed by atoms with Crippen LogP contribution in [0.2, 0.25) is 0 Å². The largest absolute Gasteiger partial charge is 0.507 e. The minimum atomic E-state index is -0.126. The van der Waals surface area contributed by atoms with Crippen LogP contribution in [-0.2, 0) is 10.8 Å². The summed E-state index contributed by atoms with van der Waals surface area (Å²) in [6.45, 7) is 16.6. The molecule has 0 aliphatic carbocycles. The topological polar surface area (TPSA) is 65.2 Å². The molecule has 4 heteroatoms. The smallest absolute Gasteiger partial charge is 0.128 e. The molecular formula is C27H38N2O2. The summed E-state index contributed by atoms with van der Waals surface area (Å²) in [5.41, 5.74) is 3.05. The third-order valence-corrected chi connectivity index (χ3v) is 5.37. The van der Waals surface area contributed by atoms with Crippen molar-refractivity contribution in [3.8, 4) is 11.5 Å². The molecule has 0 saturated heterocycles. The van der Waals surface area contributed by atoms with Gasteiger partial charge in [-0.1, -0.05) is 65.8 Å². The maximum atomic E-state index is 10.6. The minimum absolute atomic E-state index is 0.0550. The van der Waals surface area contributed by atoms with Crippen molar-refractivity contribution in [2.24, 2.45) is 9.98 Å². The minimum Gasteiger partial charge on any atom is -0.507 e. The average Bonchev–Trinajstić information content (AvgIpc) is 2.64. The molecule has 31 heavy (non-hydrogen) atoms. The molecule has 2 atom stereocenters. The summed E-state index contributed by atoms with van der Waals surface area (Å²) in [5, 5.41) is 21.2. The number of benzene rings is 2. The molecular weight excluding hydrogens is 384 g/mol. The van der Waals surface area contributed by atoms with Gasteiger partial charge in [0.15, 0.2) is 0 Å². The number of phenolic OH excluding ortho intramolecular Hbond substituents is 2. The standard InChI is InChI=1S/C27H38N2O2/c1-18(28-16-20-11-9-13-22(24(20)30)26(3,4)5)15-19(2)29-17-21-12-10-14-23(25(21)31)27(6,7)8/h9-14,16-19,30-31H,15H2,1-8H3/t18-,19-/m0/s1. The monoisotopic (exact) mass is 422 g/mol. The zero-order valence-corrected chi connectivity index (χ0v) is 20.3. The maximum Gasteiger partial charge on any atom is 0.128 e. The average molecular weight is 423 g/mol. The molecule has 0 heterocycles. The Balaban J connectivity index is 2.07. The molecule has 0 bridgehead atoms. The van der Waals surface area contributed by atoms with E-state index in [4.69, 9.17) is 0 Å². The van der Waals surface area contributed by atoms with E-state index in [2.05, 4.69) is 51.5 Å². The van der Waals surface area contributed by atoms with Crippen molar-refractivity contribution in [3.05, 3.63) is 58.7 Å². The first-order chi connectivity index (χ1) is 14.3. The summed E-state index contributed by atoms with van der Waals surface area (Å²) in [6, 6.07) is 11.7. The van der Waals surface area contributed by atoms with Crippen LogP contribution in [0.5, 0.6) is 11.5 Å². The Bertz CT molecular complexity index is 869. The molecule has 2 aromatic rings. The van der Waals surface area contributed by atoms with Crippen molar-refractivity contribution >= 4 is 12.4 Å². The van der Waals surface area contributed by atoms with Crippen molar-refractivity contribution in [2.75, 3.05) is 0 Å². The van der Waals surface area contributed by atoms with Crippen molar-refractivity contribution in [1.82, 2.24) is 0 Å². The first kappa shape index (κ1) is 24.6. The van der Waals surface area contributed by atoms with Crippen LogP contribution in [0.1, 0.15) is 84.1 Å². The highest BCUT2D eigenvalue weighted by molar-refractivity contribution is 5.85. The summed E-state index contributed by atoms with van der Waals surface area (Å²) in [4.78, 5) is 9.26. The molecule has 0 saturated carbocycles. The van der Waals surface area contributed by atoms with Crippen LogP contribution in [0.4, 0.5) is 0 Å². The highest BCUT2D eigenvalue weighted by Gasteiger charge is 2.20. The van der Waals surface area contributed by atoms with Crippen molar-refractivity contribution in [1.29, 1.82) is 0 Å². The van der Waals surface area contributed by atoms with Crippen LogP contribution in [0.3, 0.4) is 0 Å². The van der Waals surface area contributed by atoms with Gasteiger partial charge >= 0.3 is 0 Å². The van der Waals surface area contributed by atoms with E-state index in [1.54, 1.807) is 12.4 Å². The van der Waals surface area contributed by atoms with Gasteiger partial charge in [0.25, 0.3) is 0 Å². The van der Waals surface area contributed by atoms with Gasteiger partial charge < -0.3 is 10.2 Å². The lowest BCUT2D eigenvalue weighted by Crippen LogP contribution is -2.12. The molecule has 4 nitrogen and oxygen atoms in total. The van der Waals surface area contributed by atoms with Gasteiger partial charge in [0.05, 0.1) is 0 Å². The molecule has 2 N–H and O–H groups in total. The van der Waals surface area contributed by atoms with Crippen LogP contribution < -0.4 is 0 Å². The van der Waals surface area contributed by atoms with Gasteiger partial charge in [-0.2, -0.15) is 0 Å². The lowest BCUT2D eigenvalue weighted by atomic mass is 9.85. The second kappa shape index (κ2) is 9.67. The van der Waals surface area contributed by atoms with Gasteiger partial charge in [0.1, 0.15) is 11.5 Å². The molecule has 0 unspecified atom stereocenters. The van der Waals surface area contributed by atoms with Crippen molar-refractivity contribution in [3.63, 3.8) is 0 Å². The summed E-state index contributed by atoms with van der Waals surface area (Å²) >= 11 is 0. The number of aliphatic imine (C=N–C) groups is 2. The van der Waals surface area contributed by atoms with Crippen molar-refractivity contribution < 1.29 is 10.2 Å². The molecule has 2 aromatic carbocycles. The van der Waals surface area contributed by atoms with E-state index in [0.29, 0.717) is 11.5 Å².